The van der Waals surface area contributed by atoms with E-state index in [9.17, 15) is 4.79 Å². The van der Waals surface area contributed by atoms with Crippen LogP contribution in [0.2, 0.25) is 0 Å². The van der Waals surface area contributed by atoms with Crippen molar-refractivity contribution in [2.75, 3.05) is 11.9 Å². The van der Waals surface area contributed by atoms with Crippen LogP contribution >= 0.6 is 34.8 Å². The van der Waals surface area contributed by atoms with Gasteiger partial charge in [0.05, 0.1) is 6.61 Å². The van der Waals surface area contributed by atoms with Crippen molar-refractivity contribution in [2.45, 2.75) is 6.92 Å². The molecule has 156 valence electrons. The van der Waals surface area contributed by atoms with Crippen LogP contribution in [-0.2, 0) is 0 Å². The molecule has 8 heteroatoms. The summed E-state index contributed by atoms with van der Waals surface area (Å²) in [5.74, 6) is 1.05. The third-order valence-electron chi connectivity index (χ3n) is 4.37. The minimum Gasteiger partial charge on any atom is -0.494 e. The maximum atomic E-state index is 12.4. The fourth-order valence-electron chi connectivity index (χ4n) is 2.96. The van der Waals surface area contributed by atoms with E-state index in [1.807, 2.05) is 61.5 Å². The van der Waals surface area contributed by atoms with Gasteiger partial charge in [0.15, 0.2) is 10.7 Å². The second-order valence-electron chi connectivity index (χ2n) is 6.58. The van der Waals surface area contributed by atoms with Gasteiger partial charge in [-0.15, -0.1) is 0 Å². The maximum absolute atomic E-state index is 12.4. The highest BCUT2D eigenvalue weighted by molar-refractivity contribution is 14.1. The fourth-order valence-corrected chi connectivity index (χ4v) is 3.71. The molecule has 1 aromatic heterocycles. The van der Waals surface area contributed by atoms with Crippen LogP contribution in [0.4, 0.5) is 5.69 Å². The van der Waals surface area contributed by atoms with Crippen LogP contribution < -0.4 is 15.4 Å². The zero-order valence-corrected chi connectivity index (χ0v) is 19.5. The van der Waals surface area contributed by atoms with Crippen LogP contribution in [0.3, 0.4) is 0 Å². The molecule has 3 aromatic carbocycles. The molecule has 0 bridgehead atoms. The number of carbonyl (C=O) groups excluding carboxylic acids is 1. The zero-order valence-electron chi connectivity index (χ0n) is 16.5. The number of carbonyl (C=O) groups is 1. The van der Waals surface area contributed by atoms with Gasteiger partial charge in [-0.05, 0) is 102 Å². The summed E-state index contributed by atoms with van der Waals surface area (Å²) >= 11 is 7.44. The highest BCUT2D eigenvalue weighted by Crippen LogP contribution is 2.27. The first kappa shape index (κ1) is 21.3. The van der Waals surface area contributed by atoms with E-state index in [0.29, 0.717) is 34.8 Å². The minimum atomic E-state index is -0.267. The SMILES string of the molecule is CCOc1ccc(-c2nc3cc(NC(=S)NC(=O)c4cccc(I)c4)ccc3o2)cc1. The van der Waals surface area contributed by atoms with E-state index in [2.05, 4.69) is 38.2 Å². The largest absolute Gasteiger partial charge is 0.494 e. The Hall–Kier alpha value is -2.98. The number of rotatable bonds is 5. The molecule has 4 rings (SSSR count). The van der Waals surface area contributed by atoms with Crippen molar-refractivity contribution in [3.05, 3.63) is 75.9 Å². The van der Waals surface area contributed by atoms with Crippen LogP contribution in [0.1, 0.15) is 17.3 Å². The lowest BCUT2D eigenvalue weighted by molar-refractivity contribution is 0.0977. The number of oxazole rings is 1. The highest BCUT2D eigenvalue weighted by atomic mass is 127. The van der Waals surface area contributed by atoms with E-state index >= 15 is 0 Å². The van der Waals surface area contributed by atoms with Gasteiger partial charge in [0.2, 0.25) is 5.89 Å². The Morgan fingerprint density at radius 1 is 1.13 bits per heavy atom. The molecule has 0 aliphatic rings. The number of aromatic nitrogens is 1. The number of nitrogens with one attached hydrogen (secondary N) is 2. The molecule has 2 N–H and O–H groups in total. The van der Waals surface area contributed by atoms with Crippen LogP contribution in [0.25, 0.3) is 22.6 Å². The number of amides is 1. The van der Waals surface area contributed by atoms with Crippen molar-refractivity contribution in [1.29, 1.82) is 0 Å². The molecular weight excluding hydrogens is 525 g/mol. The second-order valence-corrected chi connectivity index (χ2v) is 8.23. The van der Waals surface area contributed by atoms with Crippen LogP contribution in [0.15, 0.2) is 71.1 Å². The molecule has 0 unspecified atom stereocenters. The van der Waals surface area contributed by atoms with E-state index < -0.39 is 0 Å². The summed E-state index contributed by atoms with van der Waals surface area (Å²) in [6.07, 6.45) is 0. The lowest BCUT2D eigenvalue weighted by Crippen LogP contribution is -2.34. The molecule has 0 aliphatic carbocycles. The highest BCUT2D eigenvalue weighted by Gasteiger charge is 2.11. The normalized spacial score (nSPS) is 10.6. The number of hydrogen-bond acceptors (Lipinski definition) is 5. The van der Waals surface area contributed by atoms with E-state index in [1.54, 1.807) is 12.1 Å². The van der Waals surface area contributed by atoms with Crippen molar-refractivity contribution in [2.24, 2.45) is 0 Å². The monoisotopic (exact) mass is 543 g/mol. The van der Waals surface area contributed by atoms with Gasteiger partial charge in [-0.1, -0.05) is 6.07 Å². The first-order chi connectivity index (χ1) is 15.0. The van der Waals surface area contributed by atoms with E-state index in [-0.39, 0.29) is 11.0 Å². The summed E-state index contributed by atoms with van der Waals surface area (Å²) in [7, 11) is 0. The molecule has 0 radical (unpaired) electrons. The van der Waals surface area contributed by atoms with Gasteiger partial charge in [-0.2, -0.15) is 0 Å². The number of halogens is 1. The molecule has 1 heterocycles. The Morgan fingerprint density at radius 2 is 1.94 bits per heavy atom. The van der Waals surface area contributed by atoms with Gasteiger partial charge >= 0.3 is 0 Å². The smallest absolute Gasteiger partial charge is 0.257 e. The van der Waals surface area contributed by atoms with Gasteiger partial charge in [-0.25, -0.2) is 4.98 Å². The molecule has 0 spiro atoms. The van der Waals surface area contributed by atoms with Gasteiger partial charge in [0.1, 0.15) is 11.3 Å². The molecule has 0 atom stereocenters. The van der Waals surface area contributed by atoms with Gasteiger partial charge in [0, 0.05) is 20.4 Å². The summed E-state index contributed by atoms with van der Waals surface area (Å²) in [4.78, 5) is 16.9. The number of benzene rings is 3. The summed E-state index contributed by atoms with van der Waals surface area (Å²) in [5.41, 5.74) is 3.44. The molecule has 0 saturated heterocycles. The van der Waals surface area contributed by atoms with Crippen molar-refractivity contribution >= 4 is 62.6 Å². The Bertz CT molecular complexity index is 1250. The third-order valence-corrected chi connectivity index (χ3v) is 5.25. The van der Waals surface area contributed by atoms with Crippen LogP contribution in [-0.4, -0.2) is 22.6 Å². The molecule has 0 saturated carbocycles. The first-order valence-electron chi connectivity index (χ1n) is 9.53. The Balaban J connectivity index is 1.46. The predicted octanol–water partition coefficient (Wildman–Crippen LogP) is 5.62. The summed E-state index contributed by atoms with van der Waals surface area (Å²) < 4.78 is 12.3. The first-order valence-corrected chi connectivity index (χ1v) is 11.0. The summed E-state index contributed by atoms with van der Waals surface area (Å²) in [6.45, 7) is 2.56. The molecule has 6 nitrogen and oxygen atoms in total. The topological polar surface area (TPSA) is 76.4 Å². The zero-order chi connectivity index (χ0) is 21.8. The number of ether oxygens (including phenoxy) is 1. The quantitative estimate of drug-likeness (QED) is 0.251. The van der Waals surface area contributed by atoms with E-state index in [1.165, 1.54) is 0 Å². The molecule has 0 fully saturated rings. The van der Waals surface area contributed by atoms with Gasteiger partial charge < -0.3 is 14.5 Å². The molecule has 4 aromatic rings. The molecule has 0 aliphatic heterocycles. The Kier molecular flexibility index (Phi) is 6.47. The second kappa shape index (κ2) is 9.44. The summed E-state index contributed by atoms with van der Waals surface area (Å²) in [6, 6.07) is 20.3. The predicted molar refractivity (Wildman–Crippen MR) is 133 cm³/mol. The molecular formula is C23H18IN3O3S. The van der Waals surface area contributed by atoms with Crippen molar-refractivity contribution in [1.82, 2.24) is 10.3 Å². The van der Waals surface area contributed by atoms with Crippen LogP contribution in [0, 0.1) is 3.57 Å². The average Bonchev–Trinajstić information content (AvgIpc) is 3.18. The van der Waals surface area contributed by atoms with Crippen molar-refractivity contribution in [3.8, 4) is 17.2 Å². The number of hydrogen-bond donors (Lipinski definition) is 2. The van der Waals surface area contributed by atoms with Gasteiger partial charge in [-0.3, -0.25) is 10.1 Å². The summed E-state index contributed by atoms with van der Waals surface area (Å²) in [5, 5.41) is 5.92. The molecule has 1 amide bonds. The number of fused-ring (bicyclic) bond motifs is 1. The van der Waals surface area contributed by atoms with Gasteiger partial charge in [0.25, 0.3) is 5.91 Å². The Labute approximate surface area is 198 Å². The lowest BCUT2D eigenvalue weighted by atomic mass is 10.2. The minimum absolute atomic E-state index is 0.207. The van der Waals surface area contributed by atoms with Crippen LogP contribution in [0.5, 0.6) is 5.75 Å². The number of thiocarbonyl (C=S) groups is 1. The maximum Gasteiger partial charge on any atom is 0.257 e. The van der Waals surface area contributed by atoms with E-state index in [4.69, 9.17) is 21.4 Å². The lowest BCUT2D eigenvalue weighted by Gasteiger charge is -2.09. The fraction of sp³-hybridized carbons (Fsp3) is 0.0870. The van der Waals surface area contributed by atoms with Crippen molar-refractivity contribution < 1.29 is 13.9 Å². The average molecular weight is 543 g/mol. The third kappa shape index (κ3) is 5.20. The number of nitrogens with zero attached hydrogens (tertiary/aromatic N) is 1. The number of anilines is 1. The van der Waals surface area contributed by atoms with E-state index in [0.717, 1.165) is 14.9 Å². The van der Waals surface area contributed by atoms with Crippen molar-refractivity contribution in [3.63, 3.8) is 0 Å². The Morgan fingerprint density at radius 3 is 2.68 bits per heavy atom. The standard InChI is InChI=1S/C23H18IN3O3S/c1-2-29-18-9-6-14(7-10-18)22-26-19-13-17(8-11-20(19)30-22)25-23(31)27-21(28)15-4-3-5-16(24)12-15/h3-13H,2H2,1H3,(H2,25,27,28,31). The molecule has 31 heavy (non-hydrogen) atoms.